The lowest BCUT2D eigenvalue weighted by Crippen LogP contribution is -2.31. The minimum atomic E-state index is -1.01. The molecule has 2 rings (SSSR count). The van der Waals surface area contributed by atoms with Gasteiger partial charge in [0.25, 0.3) is 0 Å². The fourth-order valence-corrected chi connectivity index (χ4v) is 3.68. The molecule has 0 saturated carbocycles. The van der Waals surface area contributed by atoms with Crippen LogP contribution in [-0.4, -0.2) is 23.1 Å². The van der Waals surface area contributed by atoms with Gasteiger partial charge in [-0.3, -0.25) is 4.21 Å². The fraction of sp³-hybridized carbons (Fsp3) is 0.368. The van der Waals surface area contributed by atoms with Crippen LogP contribution in [0.15, 0.2) is 53.4 Å². The van der Waals surface area contributed by atoms with Crippen LogP contribution in [0.2, 0.25) is 0 Å². The number of methoxy groups -OCH3 is 1. The monoisotopic (exact) mass is 331 g/mol. The first-order valence-electron chi connectivity index (χ1n) is 7.85. The maximum absolute atomic E-state index is 12.6. The second kappa shape index (κ2) is 8.16. The Kier molecular flexibility index (Phi) is 6.22. The van der Waals surface area contributed by atoms with Gasteiger partial charge >= 0.3 is 0 Å². The molecule has 0 aliphatic heterocycles. The highest BCUT2D eigenvalue weighted by molar-refractivity contribution is 7.85. The second-order valence-electron chi connectivity index (χ2n) is 6.05. The van der Waals surface area contributed by atoms with Gasteiger partial charge in [-0.25, -0.2) is 0 Å². The van der Waals surface area contributed by atoms with Gasteiger partial charge < -0.3 is 10.1 Å². The summed E-state index contributed by atoms with van der Waals surface area (Å²) in [5.74, 6) is 1.80. The number of hydrogen-bond donors (Lipinski definition) is 1. The van der Waals surface area contributed by atoms with E-state index in [-0.39, 0.29) is 6.04 Å². The summed E-state index contributed by atoms with van der Waals surface area (Å²) in [5.41, 5.74) is 2.20. The average Bonchev–Trinajstić information content (AvgIpc) is 2.55. The predicted molar refractivity (Wildman–Crippen MR) is 97.7 cm³/mol. The van der Waals surface area contributed by atoms with E-state index in [0.717, 1.165) is 16.3 Å². The summed E-state index contributed by atoms with van der Waals surface area (Å²) in [6.45, 7) is 6.33. The molecule has 0 aliphatic rings. The highest BCUT2D eigenvalue weighted by atomic mass is 32.2. The van der Waals surface area contributed by atoms with E-state index in [0.29, 0.717) is 11.7 Å². The van der Waals surface area contributed by atoms with Crippen LogP contribution in [-0.2, 0) is 10.8 Å². The Balaban J connectivity index is 2.05. The van der Waals surface area contributed by atoms with E-state index in [1.54, 1.807) is 7.11 Å². The Morgan fingerprint density at radius 1 is 1.04 bits per heavy atom. The molecule has 0 heterocycles. The lowest BCUT2D eigenvalue weighted by atomic mass is 10.1. The Hall–Kier alpha value is -1.81. The van der Waals surface area contributed by atoms with Crippen LogP contribution in [0.3, 0.4) is 0 Å². The van der Waals surface area contributed by atoms with Crippen molar-refractivity contribution in [2.75, 3.05) is 18.2 Å². The van der Waals surface area contributed by atoms with Crippen molar-refractivity contribution in [1.29, 1.82) is 0 Å². The van der Waals surface area contributed by atoms with Gasteiger partial charge in [-0.2, -0.15) is 0 Å². The first kappa shape index (κ1) is 17.5. The summed E-state index contributed by atoms with van der Waals surface area (Å²) < 4.78 is 17.8. The van der Waals surface area contributed by atoms with E-state index < -0.39 is 10.8 Å². The van der Waals surface area contributed by atoms with Crippen LogP contribution in [0.25, 0.3) is 0 Å². The average molecular weight is 331 g/mol. The standard InChI is InChI=1S/C19H25NO2S/c1-14(2)19(20-16-7-9-17(22-4)10-8-16)13-23(21)18-11-5-15(3)6-12-18/h5-12,14,19-20H,13H2,1-4H3/t19-,23?/m0/s1. The molecule has 0 bridgehead atoms. The van der Waals surface area contributed by atoms with Crippen LogP contribution in [0.1, 0.15) is 19.4 Å². The summed E-state index contributed by atoms with van der Waals surface area (Å²) >= 11 is 0. The van der Waals surface area contributed by atoms with E-state index >= 15 is 0 Å². The van der Waals surface area contributed by atoms with Crippen LogP contribution in [0, 0.1) is 12.8 Å². The number of anilines is 1. The van der Waals surface area contributed by atoms with E-state index in [1.165, 1.54) is 5.56 Å². The number of benzene rings is 2. The molecule has 3 nitrogen and oxygen atoms in total. The maximum Gasteiger partial charge on any atom is 0.119 e. The first-order valence-corrected chi connectivity index (χ1v) is 9.17. The molecule has 23 heavy (non-hydrogen) atoms. The molecule has 0 spiro atoms. The van der Waals surface area contributed by atoms with Gasteiger partial charge in [0.15, 0.2) is 0 Å². The first-order chi connectivity index (χ1) is 11.0. The van der Waals surface area contributed by atoms with Gasteiger partial charge in [-0.15, -0.1) is 0 Å². The summed E-state index contributed by atoms with van der Waals surface area (Å²) in [6.07, 6.45) is 0. The molecule has 4 heteroatoms. The van der Waals surface area contributed by atoms with Crippen LogP contribution in [0.4, 0.5) is 5.69 Å². The highest BCUT2D eigenvalue weighted by Gasteiger charge is 2.17. The Morgan fingerprint density at radius 3 is 2.17 bits per heavy atom. The summed E-state index contributed by atoms with van der Waals surface area (Å²) in [5, 5.41) is 3.49. The molecule has 2 aromatic rings. The van der Waals surface area contributed by atoms with E-state index in [4.69, 9.17) is 4.74 Å². The van der Waals surface area contributed by atoms with Crippen LogP contribution < -0.4 is 10.1 Å². The van der Waals surface area contributed by atoms with E-state index in [9.17, 15) is 4.21 Å². The third kappa shape index (κ3) is 5.10. The van der Waals surface area contributed by atoms with E-state index in [1.807, 2.05) is 55.5 Å². The van der Waals surface area contributed by atoms with Crippen molar-refractivity contribution in [3.8, 4) is 5.75 Å². The number of nitrogens with one attached hydrogen (secondary N) is 1. The largest absolute Gasteiger partial charge is 0.497 e. The van der Waals surface area contributed by atoms with Crippen molar-refractivity contribution in [3.63, 3.8) is 0 Å². The van der Waals surface area contributed by atoms with Gasteiger partial charge in [0.1, 0.15) is 5.75 Å². The molecule has 0 amide bonds. The normalized spacial score (nSPS) is 13.6. The summed E-state index contributed by atoms with van der Waals surface area (Å²) in [6, 6.07) is 15.9. The summed E-state index contributed by atoms with van der Waals surface area (Å²) in [4.78, 5) is 0.887. The highest BCUT2D eigenvalue weighted by Crippen LogP contribution is 2.19. The third-order valence-electron chi connectivity index (χ3n) is 3.86. The van der Waals surface area contributed by atoms with Gasteiger partial charge in [0.2, 0.25) is 0 Å². The van der Waals surface area contributed by atoms with Crippen molar-refractivity contribution < 1.29 is 8.95 Å². The molecule has 1 unspecified atom stereocenters. The molecule has 0 aliphatic carbocycles. The molecule has 0 radical (unpaired) electrons. The Bertz CT molecular complexity index is 635. The zero-order valence-corrected chi connectivity index (χ0v) is 15.0. The number of hydrogen-bond acceptors (Lipinski definition) is 3. The number of aryl methyl sites for hydroxylation is 1. The minimum Gasteiger partial charge on any atom is -0.497 e. The van der Waals surface area contributed by atoms with Crippen molar-refractivity contribution in [1.82, 2.24) is 0 Å². The maximum atomic E-state index is 12.6. The van der Waals surface area contributed by atoms with Gasteiger partial charge in [-0.05, 0) is 49.2 Å². The number of rotatable bonds is 7. The smallest absolute Gasteiger partial charge is 0.119 e. The van der Waals surface area contributed by atoms with Gasteiger partial charge in [0, 0.05) is 22.4 Å². The summed E-state index contributed by atoms with van der Waals surface area (Å²) in [7, 11) is 0.648. The Morgan fingerprint density at radius 2 is 1.65 bits per heavy atom. The van der Waals surface area contributed by atoms with Gasteiger partial charge in [0.05, 0.1) is 17.9 Å². The van der Waals surface area contributed by atoms with Crippen LogP contribution >= 0.6 is 0 Å². The predicted octanol–water partition coefficient (Wildman–Crippen LogP) is 4.25. The second-order valence-corrected chi connectivity index (χ2v) is 7.54. The lowest BCUT2D eigenvalue weighted by molar-refractivity contribution is 0.415. The minimum absolute atomic E-state index is 0.144. The molecule has 2 aromatic carbocycles. The quantitative estimate of drug-likeness (QED) is 0.824. The van der Waals surface area contributed by atoms with E-state index in [2.05, 4.69) is 19.2 Å². The molecule has 0 fully saturated rings. The van der Waals surface area contributed by atoms with Gasteiger partial charge in [-0.1, -0.05) is 31.5 Å². The SMILES string of the molecule is COc1ccc(N[C@@H](CS(=O)c2ccc(C)cc2)C(C)C)cc1. The molecule has 0 saturated heterocycles. The molecule has 2 atom stereocenters. The zero-order chi connectivity index (χ0) is 16.8. The molecular weight excluding hydrogens is 306 g/mol. The lowest BCUT2D eigenvalue weighted by Gasteiger charge is -2.23. The fourth-order valence-electron chi connectivity index (χ4n) is 2.25. The van der Waals surface area contributed by atoms with Crippen molar-refractivity contribution in [2.24, 2.45) is 5.92 Å². The molecule has 1 N–H and O–H groups in total. The topological polar surface area (TPSA) is 38.3 Å². The van der Waals surface area contributed by atoms with Crippen molar-refractivity contribution >= 4 is 16.5 Å². The van der Waals surface area contributed by atoms with Crippen LogP contribution in [0.5, 0.6) is 5.75 Å². The molecule has 0 aromatic heterocycles. The van der Waals surface area contributed by atoms with Crippen molar-refractivity contribution in [3.05, 3.63) is 54.1 Å². The van der Waals surface area contributed by atoms with Crippen molar-refractivity contribution in [2.45, 2.75) is 31.7 Å². The molecule has 124 valence electrons. The molecular formula is C19H25NO2S. The zero-order valence-electron chi connectivity index (χ0n) is 14.2. The third-order valence-corrected chi connectivity index (χ3v) is 5.32. The number of ether oxygens (including phenoxy) is 1. The Labute approximate surface area is 141 Å².